The second kappa shape index (κ2) is 6.55. The topological polar surface area (TPSA) is 0 Å². The summed E-state index contributed by atoms with van der Waals surface area (Å²) >= 11 is 0. The van der Waals surface area contributed by atoms with Crippen molar-refractivity contribution in [1.29, 1.82) is 0 Å². The Labute approximate surface area is 116 Å². The first-order valence-electron chi connectivity index (χ1n) is 6.32. The first-order valence-corrected chi connectivity index (χ1v) is 6.32. The highest BCUT2D eigenvalue weighted by Crippen LogP contribution is 2.33. The maximum atomic E-state index is 12.8. The summed E-state index contributed by atoms with van der Waals surface area (Å²) in [5.74, 6) is -0.414. The summed E-state index contributed by atoms with van der Waals surface area (Å²) in [7, 11) is 0. The van der Waals surface area contributed by atoms with E-state index in [2.05, 4.69) is 0 Å². The third kappa shape index (κ3) is 3.83. The van der Waals surface area contributed by atoms with Crippen molar-refractivity contribution in [2.75, 3.05) is 0 Å². The molecule has 0 aliphatic heterocycles. The molecule has 0 heterocycles. The van der Waals surface area contributed by atoms with Crippen LogP contribution in [0, 0.1) is 12.7 Å². The lowest BCUT2D eigenvalue weighted by Crippen LogP contribution is -2.05. The second-order valence-corrected chi connectivity index (χ2v) is 4.03. The minimum atomic E-state index is -4.37. The van der Waals surface area contributed by atoms with E-state index in [1.807, 2.05) is 13.8 Å². The molecule has 4 heteroatoms. The van der Waals surface area contributed by atoms with Crippen LogP contribution < -0.4 is 0 Å². The molecule has 0 aliphatic rings. The van der Waals surface area contributed by atoms with Gasteiger partial charge < -0.3 is 0 Å². The molecule has 0 aromatic heterocycles. The summed E-state index contributed by atoms with van der Waals surface area (Å²) in [5, 5.41) is 0. The van der Waals surface area contributed by atoms with Crippen molar-refractivity contribution in [1.82, 2.24) is 0 Å². The second-order valence-electron chi connectivity index (χ2n) is 4.03. The molecule has 0 radical (unpaired) electrons. The van der Waals surface area contributed by atoms with E-state index in [1.54, 1.807) is 6.92 Å². The third-order valence-corrected chi connectivity index (χ3v) is 2.72. The Morgan fingerprint density at radius 3 is 1.90 bits per heavy atom. The molecule has 0 spiro atoms. The summed E-state index contributed by atoms with van der Waals surface area (Å²) in [6, 6.07) is 8.95. The van der Waals surface area contributed by atoms with Crippen LogP contribution >= 0.6 is 0 Å². The van der Waals surface area contributed by atoms with Gasteiger partial charge in [0.2, 0.25) is 0 Å². The van der Waals surface area contributed by atoms with Crippen LogP contribution in [0.25, 0.3) is 11.1 Å². The van der Waals surface area contributed by atoms with Crippen molar-refractivity contribution in [3.05, 3.63) is 59.4 Å². The van der Waals surface area contributed by atoms with Gasteiger partial charge >= 0.3 is 6.18 Å². The van der Waals surface area contributed by atoms with Crippen LogP contribution in [0.15, 0.2) is 42.5 Å². The zero-order chi connectivity index (χ0) is 15.3. The van der Waals surface area contributed by atoms with E-state index >= 15 is 0 Å². The Kier molecular flexibility index (Phi) is 5.31. The molecule has 0 amide bonds. The van der Waals surface area contributed by atoms with Gasteiger partial charge in [-0.25, -0.2) is 4.39 Å². The van der Waals surface area contributed by atoms with Gasteiger partial charge in [-0.05, 0) is 47.9 Å². The SMILES string of the molecule is CC.Cc1ccc(C(F)(F)F)cc1-c1ccc(F)cc1. The average Bonchev–Trinajstić information content (AvgIpc) is 2.41. The van der Waals surface area contributed by atoms with Crippen molar-refractivity contribution in [2.45, 2.75) is 26.9 Å². The highest BCUT2D eigenvalue weighted by molar-refractivity contribution is 5.68. The van der Waals surface area contributed by atoms with Crippen LogP contribution in [0.2, 0.25) is 0 Å². The van der Waals surface area contributed by atoms with Crippen molar-refractivity contribution in [3.63, 3.8) is 0 Å². The van der Waals surface area contributed by atoms with E-state index in [4.69, 9.17) is 0 Å². The Morgan fingerprint density at radius 1 is 0.850 bits per heavy atom. The van der Waals surface area contributed by atoms with Gasteiger partial charge in [0, 0.05) is 0 Å². The molecule has 0 atom stereocenters. The van der Waals surface area contributed by atoms with Crippen LogP contribution in [0.3, 0.4) is 0 Å². The molecule has 108 valence electrons. The molecule has 0 bridgehead atoms. The molecule has 2 aromatic rings. The van der Waals surface area contributed by atoms with E-state index in [9.17, 15) is 17.6 Å². The zero-order valence-electron chi connectivity index (χ0n) is 11.6. The number of benzene rings is 2. The smallest absolute Gasteiger partial charge is 0.207 e. The first kappa shape index (κ1) is 16.2. The Morgan fingerprint density at radius 2 is 1.40 bits per heavy atom. The molecule has 0 N–H and O–H groups in total. The van der Waals surface area contributed by atoms with E-state index in [0.29, 0.717) is 11.1 Å². The Hall–Kier alpha value is -1.84. The number of alkyl halides is 3. The summed E-state index contributed by atoms with van der Waals surface area (Å²) in [4.78, 5) is 0. The Bertz CT molecular complexity index is 554. The number of halogens is 4. The predicted molar refractivity (Wildman–Crippen MR) is 72.9 cm³/mol. The van der Waals surface area contributed by atoms with Crippen LogP contribution in [0.5, 0.6) is 0 Å². The maximum Gasteiger partial charge on any atom is 0.416 e. The third-order valence-electron chi connectivity index (χ3n) is 2.72. The normalized spacial score (nSPS) is 10.8. The fourth-order valence-electron chi connectivity index (χ4n) is 1.74. The molecule has 2 rings (SSSR count). The van der Waals surface area contributed by atoms with Crippen LogP contribution in [-0.4, -0.2) is 0 Å². The van der Waals surface area contributed by atoms with Crippen LogP contribution in [-0.2, 0) is 6.18 Å². The zero-order valence-corrected chi connectivity index (χ0v) is 11.6. The molecular weight excluding hydrogens is 268 g/mol. The minimum Gasteiger partial charge on any atom is -0.207 e. The predicted octanol–water partition coefficient (Wildman–Crippen LogP) is 5.85. The monoisotopic (exact) mass is 284 g/mol. The summed E-state index contributed by atoms with van der Waals surface area (Å²) in [6.07, 6.45) is -4.37. The van der Waals surface area contributed by atoms with Gasteiger partial charge in [0.05, 0.1) is 5.56 Å². The van der Waals surface area contributed by atoms with E-state index in [1.165, 1.54) is 30.3 Å². The molecule has 20 heavy (non-hydrogen) atoms. The van der Waals surface area contributed by atoms with E-state index in [-0.39, 0.29) is 0 Å². The molecule has 2 aromatic carbocycles. The number of hydrogen-bond acceptors (Lipinski definition) is 0. The average molecular weight is 284 g/mol. The van der Waals surface area contributed by atoms with Gasteiger partial charge in [0.15, 0.2) is 0 Å². The number of rotatable bonds is 1. The van der Waals surface area contributed by atoms with Crippen molar-refractivity contribution in [2.24, 2.45) is 0 Å². The summed E-state index contributed by atoms with van der Waals surface area (Å²) in [5.41, 5.74) is 1.05. The highest BCUT2D eigenvalue weighted by atomic mass is 19.4. The van der Waals surface area contributed by atoms with Crippen LogP contribution in [0.1, 0.15) is 25.0 Å². The van der Waals surface area contributed by atoms with Crippen molar-refractivity contribution < 1.29 is 17.6 Å². The lowest BCUT2D eigenvalue weighted by Gasteiger charge is -2.11. The lowest BCUT2D eigenvalue weighted by molar-refractivity contribution is -0.137. The maximum absolute atomic E-state index is 12.8. The summed E-state index contributed by atoms with van der Waals surface area (Å²) in [6.45, 7) is 5.72. The van der Waals surface area contributed by atoms with Gasteiger partial charge in [-0.1, -0.05) is 32.0 Å². The molecule has 0 fully saturated rings. The van der Waals surface area contributed by atoms with Crippen molar-refractivity contribution >= 4 is 0 Å². The van der Waals surface area contributed by atoms with Gasteiger partial charge in [-0.15, -0.1) is 0 Å². The van der Waals surface area contributed by atoms with Gasteiger partial charge in [-0.3, -0.25) is 0 Å². The largest absolute Gasteiger partial charge is 0.416 e. The molecule has 0 saturated carbocycles. The molecule has 0 nitrogen and oxygen atoms in total. The fourth-order valence-corrected chi connectivity index (χ4v) is 1.74. The molecule has 0 saturated heterocycles. The minimum absolute atomic E-state index is 0.414. The lowest BCUT2D eigenvalue weighted by atomic mass is 9.98. The molecular formula is C16H16F4. The standard InChI is InChI=1S/C14H10F4.C2H6/c1-9-2-5-11(14(16,17)18)8-13(9)10-3-6-12(15)7-4-10;1-2/h2-8H,1H3;1-2H3. The summed E-state index contributed by atoms with van der Waals surface area (Å²) < 4.78 is 50.6. The highest BCUT2D eigenvalue weighted by Gasteiger charge is 2.30. The first-order chi connectivity index (χ1) is 9.38. The van der Waals surface area contributed by atoms with Gasteiger partial charge in [0.25, 0.3) is 0 Å². The van der Waals surface area contributed by atoms with Gasteiger partial charge in [0.1, 0.15) is 5.82 Å². The molecule has 0 aliphatic carbocycles. The molecule has 0 unspecified atom stereocenters. The van der Waals surface area contributed by atoms with Crippen molar-refractivity contribution in [3.8, 4) is 11.1 Å². The quantitative estimate of drug-likeness (QED) is 0.576. The van der Waals surface area contributed by atoms with E-state index < -0.39 is 17.6 Å². The number of hydrogen-bond donors (Lipinski definition) is 0. The Balaban J connectivity index is 0.000000956. The fraction of sp³-hybridized carbons (Fsp3) is 0.250. The number of aryl methyl sites for hydroxylation is 1. The van der Waals surface area contributed by atoms with Gasteiger partial charge in [-0.2, -0.15) is 13.2 Å². The van der Waals surface area contributed by atoms with Crippen LogP contribution in [0.4, 0.5) is 17.6 Å². The van der Waals surface area contributed by atoms with E-state index in [0.717, 1.165) is 17.7 Å².